The highest BCUT2D eigenvalue weighted by Crippen LogP contribution is 2.35. The van der Waals surface area contributed by atoms with Gasteiger partial charge in [0.2, 0.25) is 0 Å². The summed E-state index contributed by atoms with van der Waals surface area (Å²) in [5.41, 5.74) is -1.13. The first-order valence-corrected chi connectivity index (χ1v) is 10.4. The van der Waals surface area contributed by atoms with Crippen molar-refractivity contribution >= 4 is 68.2 Å². The first-order chi connectivity index (χ1) is 17.0. The summed E-state index contributed by atoms with van der Waals surface area (Å²) in [6.45, 7) is 0. The lowest BCUT2D eigenvalue weighted by Crippen LogP contribution is -1.96. The maximum atomic E-state index is 11.4. The van der Waals surface area contributed by atoms with Gasteiger partial charge in [-0.3, -0.25) is 40.5 Å². The highest BCUT2D eigenvalue weighted by atomic mass is 35.5. The van der Waals surface area contributed by atoms with Crippen LogP contribution in [0.2, 0.25) is 0 Å². The molecule has 0 aliphatic heterocycles. The lowest BCUT2D eigenvalue weighted by molar-refractivity contribution is -0.394. The van der Waals surface area contributed by atoms with Crippen LogP contribution < -0.4 is 0 Å². The minimum Gasteiger partial charge on any atom is -0.258 e. The molecule has 0 fully saturated rings. The predicted molar refractivity (Wildman–Crippen MR) is 133 cm³/mol. The fourth-order valence-corrected chi connectivity index (χ4v) is 3.73. The summed E-state index contributed by atoms with van der Waals surface area (Å²) in [6.07, 6.45) is 2.80. The molecule has 3 aromatic rings. The molecular weight excluding hydrogens is 519 g/mol. The van der Waals surface area contributed by atoms with E-state index in [0.717, 1.165) is 24.3 Å². The largest absolute Gasteiger partial charge is 0.284 e. The van der Waals surface area contributed by atoms with Crippen molar-refractivity contribution < 1.29 is 19.7 Å². The van der Waals surface area contributed by atoms with E-state index in [9.17, 15) is 40.5 Å². The molecule has 3 aromatic carbocycles. The minimum atomic E-state index is -0.783. The lowest BCUT2D eigenvalue weighted by Gasteiger charge is -2.04. The highest BCUT2D eigenvalue weighted by molar-refractivity contribution is 6.52. The summed E-state index contributed by atoms with van der Waals surface area (Å²) in [5.74, 6) is 0. The van der Waals surface area contributed by atoms with E-state index >= 15 is 0 Å². The van der Waals surface area contributed by atoms with E-state index in [1.54, 1.807) is 24.3 Å². The van der Waals surface area contributed by atoms with Crippen LogP contribution in [0.3, 0.4) is 0 Å². The average molecular weight is 531 g/mol. The van der Waals surface area contributed by atoms with Crippen LogP contribution in [-0.2, 0) is 0 Å². The van der Waals surface area contributed by atoms with Gasteiger partial charge in [-0.2, -0.15) is 0 Å². The predicted octanol–water partition coefficient (Wildman–Crippen LogP) is 6.79. The zero-order valence-electron chi connectivity index (χ0n) is 17.7. The molecule has 0 spiro atoms. The highest BCUT2D eigenvalue weighted by Gasteiger charge is 2.22. The number of nitrogens with zero attached hydrogens (tertiary/aromatic N) is 4. The van der Waals surface area contributed by atoms with Crippen LogP contribution >= 0.6 is 23.2 Å². The number of rotatable bonds is 8. The minimum absolute atomic E-state index is 0.0345. The number of benzene rings is 3. The average Bonchev–Trinajstić information content (AvgIpc) is 2.83. The van der Waals surface area contributed by atoms with Crippen LogP contribution in [0.25, 0.3) is 22.2 Å². The van der Waals surface area contributed by atoms with E-state index in [4.69, 9.17) is 23.2 Å². The van der Waals surface area contributed by atoms with E-state index in [1.165, 1.54) is 24.3 Å². The molecular formula is C22H12Cl2N4O8. The first kappa shape index (κ1) is 25.9. The van der Waals surface area contributed by atoms with E-state index in [0.29, 0.717) is 11.1 Å². The molecule has 36 heavy (non-hydrogen) atoms. The molecule has 3 rings (SSSR count). The Hall–Kier alpha value is -4.68. The summed E-state index contributed by atoms with van der Waals surface area (Å²) >= 11 is 12.6. The molecule has 12 nitrogen and oxygen atoms in total. The smallest absolute Gasteiger partial charge is 0.258 e. The number of hydrogen-bond donors (Lipinski definition) is 0. The molecule has 0 saturated heterocycles. The third-order valence-corrected chi connectivity index (χ3v) is 5.42. The molecule has 182 valence electrons. The fourth-order valence-electron chi connectivity index (χ4n) is 3.16. The fraction of sp³-hybridized carbons (Fsp3) is 0. The van der Waals surface area contributed by atoms with Gasteiger partial charge in [0, 0.05) is 12.1 Å². The number of non-ortho nitro benzene ring substituents is 2. The van der Waals surface area contributed by atoms with E-state index < -0.39 is 42.4 Å². The van der Waals surface area contributed by atoms with Crippen LogP contribution in [0, 0.1) is 40.5 Å². The first-order valence-electron chi connectivity index (χ1n) is 9.69. The van der Waals surface area contributed by atoms with Crippen LogP contribution in [0.4, 0.5) is 22.7 Å². The Morgan fingerprint density at radius 1 is 0.583 bits per heavy atom. The molecule has 0 aliphatic carbocycles. The van der Waals surface area contributed by atoms with Gasteiger partial charge in [0.15, 0.2) is 0 Å². The third-order valence-electron chi connectivity index (χ3n) is 4.79. The van der Waals surface area contributed by atoms with Crippen LogP contribution in [0.15, 0.2) is 60.7 Å². The van der Waals surface area contributed by atoms with Gasteiger partial charge < -0.3 is 0 Å². The maximum absolute atomic E-state index is 11.4. The Morgan fingerprint density at radius 3 is 1.31 bits per heavy atom. The second kappa shape index (κ2) is 10.7. The summed E-state index contributed by atoms with van der Waals surface area (Å²) in [7, 11) is 0. The van der Waals surface area contributed by atoms with Gasteiger partial charge in [0.05, 0.1) is 53.0 Å². The van der Waals surface area contributed by atoms with Crippen molar-refractivity contribution in [1.82, 2.24) is 0 Å². The molecule has 14 heteroatoms. The lowest BCUT2D eigenvalue weighted by atomic mass is 10.1. The molecule has 0 bridgehead atoms. The number of nitro groups is 4. The monoisotopic (exact) mass is 530 g/mol. The molecule has 0 amide bonds. The van der Waals surface area contributed by atoms with Gasteiger partial charge >= 0.3 is 0 Å². The SMILES string of the molecule is O=[N+]([O-])c1ccc(/C(Cl)=C/c2cccc(/C=C(/Cl)c3ccc([N+](=O)[O-])cc3[N+](=O)[O-])c2)c([N+](=O)[O-])c1. The van der Waals surface area contributed by atoms with Crippen molar-refractivity contribution in [3.05, 3.63) is 123 Å². The Labute approximate surface area is 211 Å². The normalized spacial score (nSPS) is 11.7. The molecule has 0 heterocycles. The van der Waals surface area contributed by atoms with Crippen LogP contribution in [0.1, 0.15) is 22.3 Å². The van der Waals surface area contributed by atoms with Gasteiger partial charge in [-0.05, 0) is 41.5 Å². The summed E-state index contributed by atoms with van der Waals surface area (Å²) in [4.78, 5) is 41.6. The summed E-state index contributed by atoms with van der Waals surface area (Å²) in [5, 5.41) is 44.5. The van der Waals surface area contributed by atoms with E-state index in [1.807, 2.05) is 0 Å². The summed E-state index contributed by atoms with van der Waals surface area (Å²) in [6, 6.07) is 12.6. The third kappa shape index (κ3) is 5.87. The number of hydrogen-bond acceptors (Lipinski definition) is 8. The Morgan fingerprint density at radius 2 is 0.972 bits per heavy atom. The van der Waals surface area contributed by atoms with Gasteiger partial charge in [-0.15, -0.1) is 0 Å². The van der Waals surface area contributed by atoms with Gasteiger partial charge in [-0.1, -0.05) is 41.4 Å². The second-order valence-corrected chi connectivity index (χ2v) is 7.90. The van der Waals surface area contributed by atoms with Crippen molar-refractivity contribution in [1.29, 1.82) is 0 Å². The molecule has 0 unspecified atom stereocenters. The van der Waals surface area contributed by atoms with E-state index in [-0.39, 0.29) is 21.2 Å². The maximum Gasteiger partial charge on any atom is 0.284 e. The zero-order valence-corrected chi connectivity index (χ0v) is 19.3. The Balaban J connectivity index is 1.99. The molecule has 0 radical (unpaired) electrons. The van der Waals surface area contributed by atoms with Crippen LogP contribution in [-0.4, -0.2) is 19.7 Å². The summed E-state index contributed by atoms with van der Waals surface area (Å²) < 4.78 is 0. The Bertz CT molecular complexity index is 1380. The zero-order chi connectivity index (χ0) is 26.6. The van der Waals surface area contributed by atoms with Crippen molar-refractivity contribution in [2.75, 3.05) is 0 Å². The van der Waals surface area contributed by atoms with Gasteiger partial charge in [0.25, 0.3) is 22.7 Å². The molecule has 0 atom stereocenters. The molecule has 0 saturated carbocycles. The Kier molecular flexibility index (Phi) is 7.72. The quantitative estimate of drug-likeness (QED) is 0.173. The molecule has 0 N–H and O–H groups in total. The van der Waals surface area contributed by atoms with Gasteiger partial charge in [0.1, 0.15) is 0 Å². The topological polar surface area (TPSA) is 173 Å². The molecule has 0 aromatic heterocycles. The number of nitro benzene ring substituents is 4. The van der Waals surface area contributed by atoms with Crippen molar-refractivity contribution in [3.63, 3.8) is 0 Å². The van der Waals surface area contributed by atoms with E-state index in [2.05, 4.69) is 0 Å². The van der Waals surface area contributed by atoms with Gasteiger partial charge in [-0.25, -0.2) is 0 Å². The van der Waals surface area contributed by atoms with Crippen molar-refractivity contribution in [2.24, 2.45) is 0 Å². The standard InChI is InChI=1S/C22H12Cl2N4O8/c23-19(17-6-4-15(25(29)30)11-21(17)27(33)34)9-13-2-1-3-14(8-13)10-20(24)18-7-5-16(26(31)32)12-22(18)28(35)36/h1-12H/b19-9-,20-10+. The second-order valence-electron chi connectivity index (χ2n) is 7.09. The number of halogens is 2. The van der Waals surface area contributed by atoms with Crippen molar-refractivity contribution in [3.8, 4) is 0 Å². The van der Waals surface area contributed by atoms with Crippen molar-refractivity contribution in [2.45, 2.75) is 0 Å². The molecule has 0 aliphatic rings. The van der Waals surface area contributed by atoms with Crippen LogP contribution in [0.5, 0.6) is 0 Å².